The third kappa shape index (κ3) is 5.18. The van der Waals surface area contributed by atoms with Gasteiger partial charge in [-0.3, -0.25) is 14.9 Å². The molecule has 0 aliphatic carbocycles. The Hall–Kier alpha value is -3.13. The van der Waals surface area contributed by atoms with Crippen LogP contribution >= 0.6 is 0 Å². The number of carbonyl (C=O) groups excluding carboxylic acids is 1. The largest absolute Gasteiger partial charge is 0.493 e. The summed E-state index contributed by atoms with van der Waals surface area (Å²) in [7, 11) is 4.46. The van der Waals surface area contributed by atoms with Crippen LogP contribution < -0.4 is 14.8 Å². The molecule has 0 fully saturated rings. The van der Waals surface area contributed by atoms with Crippen molar-refractivity contribution in [2.45, 2.75) is 13.0 Å². The molecule has 8 nitrogen and oxygen atoms in total. The molecule has 1 amide bonds. The number of carbonyl (C=O) groups is 1. The predicted molar refractivity (Wildman–Crippen MR) is 99.4 cm³/mol. The maximum atomic E-state index is 12.3. The van der Waals surface area contributed by atoms with E-state index in [2.05, 4.69) is 5.32 Å². The number of nitrogens with one attached hydrogen (secondary N) is 1. The summed E-state index contributed by atoms with van der Waals surface area (Å²) in [5, 5.41) is 14.1. The van der Waals surface area contributed by atoms with Gasteiger partial charge in [-0.05, 0) is 30.2 Å². The molecule has 2 aromatic rings. The molecule has 2 aromatic carbocycles. The van der Waals surface area contributed by atoms with Crippen molar-refractivity contribution in [3.8, 4) is 11.5 Å². The molecule has 0 aromatic heterocycles. The summed E-state index contributed by atoms with van der Waals surface area (Å²) < 4.78 is 15.4. The van der Waals surface area contributed by atoms with Gasteiger partial charge in [0.05, 0.1) is 31.8 Å². The van der Waals surface area contributed by atoms with Crippen molar-refractivity contribution in [1.82, 2.24) is 5.32 Å². The van der Waals surface area contributed by atoms with Crippen LogP contribution in [0.2, 0.25) is 0 Å². The van der Waals surface area contributed by atoms with Gasteiger partial charge in [-0.2, -0.15) is 0 Å². The molecule has 0 unspecified atom stereocenters. The Balaban J connectivity index is 2.09. The summed E-state index contributed by atoms with van der Waals surface area (Å²) in [6.07, 6.45) is 0.278. The Morgan fingerprint density at radius 3 is 2.44 bits per heavy atom. The Labute approximate surface area is 157 Å². The minimum atomic E-state index is -0.479. The molecule has 0 bridgehead atoms. The number of rotatable bonds is 9. The lowest BCUT2D eigenvalue weighted by molar-refractivity contribution is -0.385. The van der Waals surface area contributed by atoms with E-state index in [1.165, 1.54) is 20.3 Å². The lowest BCUT2D eigenvalue weighted by atomic mass is 10.1. The zero-order chi connectivity index (χ0) is 19.8. The van der Waals surface area contributed by atoms with Gasteiger partial charge in [0.2, 0.25) is 0 Å². The Bertz CT molecular complexity index is 822. The third-order valence-electron chi connectivity index (χ3n) is 3.96. The van der Waals surface area contributed by atoms with E-state index in [4.69, 9.17) is 14.2 Å². The quantitative estimate of drug-likeness (QED) is 0.535. The van der Waals surface area contributed by atoms with Crippen LogP contribution in [0.25, 0.3) is 0 Å². The van der Waals surface area contributed by atoms with E-state index in [9.17, 15) is 14.9 Å². The maximum Gasteiger partial charge on any atom is 0.276 e. The summed E-state index contributed by atoms with van der Waals surface area (Å²) >= 11 is 0. The highest BCUT2D eigenvalue weighted by Crippen LogP contribution is 2.34. The zero-order valence-corrected chi connectivity index (χ0v) is 15.5. The van der Waals surface area contributed by atoms with Gasteiger partial charge in [0.25, 0.3) is 11.6 Å². The van der Waals surface area contributed by atoms with Crippen LogP contribution in [0.3, 0.4) is 0 Å². The number of methoxy groups -OCH3 is 3. The molecule has 0 spiro atoms. The van der Waals surface area contributed by atoms with Crippen molar-refractivity contribution in [2.24, 2.45) is 0 Å². The maximum absolute atomic E-state index is 12.3. The number of nitrogens with zero attached hydrogens (tertiary/aromatic N) is 1. The minimum absolute atomic E-state index is 0.0796. The van der Waals surface area contributed by atoms with Crippen LogP contribution in [0.1, 0.15) is 21.5 Å². The molecule has 0 radical (unpaired) electrons. The summed E-state index contributed by atoms with van der Waals surface area (Å²) in [6, 6.07) is 9.98. The van der Waals surface area contributed by atoms with Gasteiger partial charge in [-0.25, -0.2) is 0 Å². The van der Waals surface area contributed by atoms with Crippen LogP contribution in [-0.2, 0) is 17.8 Å². The average molecular weight is 374 g/mol. The predicted octanol–water partition coefficient (Wildman–Crippen LogP) is 2.73. The average Bonchev–Trinajstić information content (AvgIpc) is 2.67. The van der Waals surface area contributed by atoms with E-state index in [1.54, 1.807) is 31.4 Å². The van der Waals surface area contributed by atoms with Crippen molar-refractivity contribution < 1.29 is 23.9 Å². The molecule has 0 aliphatic heterocycles. The van der Waals surface area contributed by atoms with Gasteiger partial charge < -0.3 is 19.5 Å². The van der Waals surface area contributed by atoms with Crippen LogP contribution in [0.4, 0.5) is 5.69 Å². The highest BCUT2D eigenvalue weighted by atomic mass is 16.6. The lowest BCUT2D eigenvalue weighted by Crippen LogP contribution is -2.26. The van der Waals surface area contributed by atoms with E-state index < -0.39 is 4.92 Å². The van der Waals surface area contributed by atoms with Crippen LogP contribution in [-0.4, -0.2) is 38.7 Å². The molecule has 0 heterocycles. The monoisotopic (exact) mass is 374 g/mol. The van der Waals surface area contributed by atoms with Gasteiger partial charge in [0, 0.05) is 24.8 Å². The summed E-state index contributed by atoms with van der Waals surface area (Å²) in [4.78, 5) is 23.1. The summed E-state index contributed by atoms with van der Waals surface area (Å²) in [6.45, 7) is 0.655. The Morgan fingerprint density at radius 1 is 1.11 bits per heavy atom. The second kappa shape index (κ2) is 9.54. The number of amides is 1. The van der Waals surface area contributed by atoms with E-state index in [0.717, 1.165) is 5.56 Å². The first kappa shape index (κ1) is 20.2. The number of hydrogen-bond acceptors (Lipinski definition) is 6. The molecule has 0 aliphatic rings. The number of nitro benzene ring substituents is 1. The van der Waals surface area contributed by atoms with Gasteiger partial charge in [-0.15, -0.1) is 0 Å². The standard InChI is InChI=1S/C19H22N2O6/c1-25-12-13-5-4-6-15(9-13)19(22)20-8-7-14-10-17(26-2)18(27-3)11-16(14)21(23)24/h4-6,9-11H,7-8,12H2,1-3H3,(H,20,22). The third-order valence-corrected chi connectivity index (χ3v) is 3.96. The number of ether oxygens (including phenoxy) is 3. The van der Waals surface area contributed by atoms with E-state index in [0.29, 0.717) is 23.5 Å². The van der Waals surface area contributed by atoms with Gasteiger partial charge in [-0.1, -0.05) is 12.1 Å². The zero-order valence-electron chi connectivity index (χ0n) is 15.5. The van der Waals surface area contributed by atoms with Crippen molar-refractivity contribution in [1.29, 1.82) is 0 Å². The van der Waals surface area contributed by atoms with Gasteiger partial charge in [0.15, 0.2) is 11.5 Å². The van der Waals surface area contributed by atoms with E-state index in [1.807, 2.05) is 6.07 Å². The van der Waals surface area contributed by atoms with Crippen LogP contribution in [0, 0.1) is 10.1 Å². The number of benzene rings is 2. The molecule has 8 heteroatoms. The fourth-order valence-corrected chi connectivity index (χ4v) is 2.66. The van der Waals surface area contributed by atoms with Crippen molar-refractivity contribution in [2.75, 3.05) is 27.9 Å². The van der Waals surface area contributed by atoms with Gasteiger partial charge in [0.1, 0.15) is 0 Å². The van der Waals surface area contributed by atoms with Crippen molar-refractivity contribution in [3.05, 3.63) is 63.2 Å². The molecule has 0 saturated heterocycles. The second-order valence-corrected chi connectivity index (χ2v) is 5.73. The fourth-order valence-electron chi connectivity index (χ4n) is 2.66. The van der Waals surface area contributed by atoms with E-state index in [-0.39, 0.29) is 30.3 Å². The highest BCUT2D eigenvalue weighted by Gasteiger charge is 2.19. The molecular formula is C19H22N2O6. The lowest BCUT2D eigenvalue weighted by Gasteiger charge is -2.11. The first-order valence-electron chi connectivity index (χ1n) is 8.25. The molecule has 144 valence electrons. The molecule has 0 atom stereocenters. The Kier molecular flexibility index (Phi) is 7.13. The molecule has 2 rings (SSSR count). The van der Waals surface area contributed by atoms with Crippen molar-refractivity contribution >= 4 is 11.6 Å². The Morgan fingerprint density at radius 2 is 1.81 bits per heavy atom. The van der Waals surface area contributed by atoms with Crippen LogP contribution in [0.5, 0.6) is 11.5 Å². The van der Waals surface area contributed by atoms with E-state index >= 15 is 0 Å². The summed E-state index contributed by atoms with van der Waals surface area (Å²) in [5.41, 5.74) is 1.77. The first-order chi connectivity index (χ1) is 13.0. The van der Waals surface area contributed by atoms with Crippen LogP contribution in [0.15, 0.2) is 36.4 Å². The van der Waals surface area contributed by atoms with Crippen molar-refractivity contribution in [3.63, 3.8) is 0 Å². The minimum Gasteiger partial charge on any atom is -0.493 e. The normalized spacial score (nSPS) is 10.3. The number of nitro groups is 1. The second-order valence-electron chi connectivity index (χ2n) is 5.73. The molecule has 0 saturated carbocycles. The molecule has 1 N–H and O–H groups in total. The molecular weight excluding hydrogens is 352 g/mol. The summed E-state index contributed by atoms with van der Waals surface area (Å²) in [5.74, 6) is 0.430. The SMILES string of the molecule is COCc1cccc(C(=O)NCCc2cc(OC)c(OC)cc2[N+](=O)[O-])c1. The fraction of sp³-hybridized carbons (Fsp3) is 0.316. The number of hydrogen-bond donors (Lipinski definition) is 1. The highest BCUT2D eigenvalue weighted by molar-refractivity contribution is 5.94. The van der Waals surface area contributed by atoms with Gasteiger partial charge >= 0.3 is 0 Å². The molecule has 27 heavy (non-hydrogen) atoms. The smallest absolute Gasteiger partial charge is 0.276 e. The topological polar surface area (TPSA) is 99.9 Å². The first-order valence-corrected chi connectivity index (χ1v) is 8.25.